The molecule has 1 aliphatic rings. The molecule has 0 aromatic heterocycles. The Morgan fingerprint density at radius 3 is 2.84 bits per heavy atom. The van der Waals surface area contributed by atoms with Crippen LogP contribution in [0.25, 0.3) is 0 Å². The van der Waals surface area contributed by atoms with E-state index in [0.717, 1.165) is 12.8 Å². The van der Waals surface area contributed by atoms with Crippen LogP contribution in [0.3, 0.4) is 0 Å². The van der Waals surface area contributed by atoms with E-state index in [1.807, 2.05) is 6.07 Å². The van der Waals surface area contributed by atoms with Gasteiger partial charge in [0.05, 0.1) is 18.2 Å². The number of nitrogens with one attached hydrogen (secondary N) is 1. The quantitative estimate of drug-likeness (QED) is 0.871. The lowest BCUT2D eigenvalue weighted by atomic mass is 10.1. The Kier molecular flexibility index (Phi) is 3.81. The highest BCUT2D eigenvalue weighted by molar-refractivity contribution is 5.96. The summed E-state index contributed by atoms with van der Waals surface area (Å²) in [6, 6.07) is 8.73. The molecule has 1 N–H and O–H groups in total. The van der Waals surface area contributed by atoms with Gasteiger partial charge in [-0.1, -0.05) is 6.07 Å². The average Bonchev–Trinajstić information content (AvgIpc) is 3.21. The molecule has 1 aliphatic carbocycles. The van der Waals surface area contributed by atoms with Crippen molar-refractivity contribution in [3.05, 3.63) is 35.4 Å². The number of hydrogen-bond donors (Lipinski definition) is 1. The number of nitrogens with zero attached hydrogens (tertiary/aromatic N) is 2. The predicted octanol–water partition coefficient (Wildman–Crippen LogP) is 0.909. The molecule has 0 heterocycles. The van der Waals surface area contributed by atoms with Crippen molar-refractivity contribution in [3.63, 3.8) is 0 Å². The van der Waals surface area contributed by atoms with Crippen molar-refractivity contribution in [2.45, 2.75) is 18.9 Å². The summed E-state index contributed by atoms with van der Waals surface area (Å²) in [6.45, 7) is 0.0338. The summed E-state index contributed by atoms with van der Waals surface area (Å²) in [7, 11) is 1.58. The van der Waals surface area contributed by atoms with Crippen molar-refractivity contribution >= 4 is 11.8 Å². The molecule has 0 spiro atoms. The molecule has 1 saturated carbocycles. The Bertz CT molecular complexity index is 544. The van der Waals surface area contributed by atoms with E-state index in [2.05, 4.69) is 5.32 Å². The van der Waals surface area contributed by atoms with Crippen LogP contribution in [-0.4, -0.2) is 36.3 Å². The van der Waals surface area contributed by atoms with E-state index in [0.29, 0.717) is 11.1 Å². The number of rotatable bonds is 4. The molecular formula is C14H15N3O2. The molecule has 1 aromatic rings. The molecule has 5 nitrogen and oxygen atoms in total. The number of likely N-dealkylation sites (N-methyl/N-ethyl adjacent to an activating group) is 1. The van der Waals surface area contributed by atoms with Crippen LogP contribution in [0.15, 0.2) is 24.3 Å². The second-order valence-electron chi connectivity index (χ2n) is 4.70. The Balaban J connectivity index is 1.97. The summed E-state index contributed by atoms with van der Waals surface area (Å²) >= 11 is 0. The van der Waals surface area contributed by atoms with Crippen LogP contribution in [0.5, 0.6) is 0 Å². The fourth-order valence-corrected chi connectivity index (χ4v) is 1.73. The summed E-state index contributed by atoms with van der Waals surface area (Å²) in [5, 5.41) is 11.6. The van der Waals surface area contributed by atoms with Gasteiger partial charge in [-0.05, 0) is 31.0 Å². The van der Waals surface area contributed by atoms with Crippen molar-refractivity contribution in [1.82, 2.24) is 10.2 Å². The Labute approximate surface area is 111 Å². The van der Waals surface area contributed by atoms with E-state index in [-0.39, 0.29) is 24.4 Å². The first-order chi connectivity index (χ1) is 9.10. The lowest BCUT2D eigenvalue weighted by molar-refractivity contribution is -0.121. The van der Waals surface area contributed by atoms with Gasteiger partial charge >= 0.3 is 0 Å². The molecule has 2 amide bonds. The third-order valence-electron chi connectivity index (χ3n) is 2.91. The van der Waals surface area contributed by atoms with Crippen LogP contribution in [0, 0.1) is 11.3 Å². The third kappa shape index (κ3) is 3.55. The predicted molar refractivity (Wildman–Crippen MR) is 69.3 cm³/mol. The lowest BCUT2D eigenvalue weighted by Gasteiger charge is -2.16. The van der Waals surface area contributed by atoms with Crippen molar-refractivity contribution in [2.24, 2.45) is 0 Å². The Morgan fingerprint density at radius 2 is 2.21 bits per heavy atom. The molecule has 0 radical (unpaired) electrons. The van der Waals surface area contributed by atoms with Crippen LogP contribution in [0.4, 0.5) is 0 Å². The number of benzene rings is 1. The molecule has 0 bridgehead atoms. The monoisotopic (exact) mass is 257 g/mol. The third-order valence-corrected chi connectivity index (χ3v) is 2.91. The fourth-order valence-electron chi connectivity index (χ4n) is 1.73. The van der Waals surface area contributed by atoms with Gasteiger partial charge in [-0.2, -0.15) is 5.26 Å². The number of amides is 2. The molecule has 0 saturated heterocycles. The van der Waals surface area contributed by atoms with Crippen molar-refractivity contribution < 1.29 is 9.59 Å². The smallest absolute Gasteiger partial charge is 0.254 e. The van der Waals surface area contributed by atoms with Gasteiger partial charge in [-0.3, -0.25) is 9.59 Å². The highest BCUT2D eigenvalue weighted by atomic mass is 16.2. The van der Waals surface area contributed by atoms with Crippen LogP contribution in [-0.2, 0) is 4.79 Å². The van der Waals surface area contributed by atoms with E-state index in [1.165, 1.54) is 11.0 Å². The molecule has 98 valence electrons. The van der Waals surface area contributed by atoms with Gasteiger partial charge in [0, 0.05) is 18.7 Å². The van der Waals surface area contributed by atoms with Crippen molar-refractivity contribution in [3.8, 4) is 6.07 Å². The first-order valence-corrected chi connectivity index (χ1v) is 6.15. The number of nitriles is 1. The maximum absolute atomic E-state index is 12.1. The maximum Gasteiger partial charge on any atom is 0.254 e. The minimum atomic E-state index is -0.261. The molecule has 19 heavy (non-hydrogen) atoms. The van der Waals surface area contributed by atoms with E-state index in [1.54, 1.807) is 25.2 Å². The van der Waals surface area contributed by atoms with Crippen LogP contribution in [0.1, 0.15) is 28.8 Å². The minimum absolute atomic E-state index is 0.0338. The minimum Gasteiger partial charge on any atom is -0.352 e. The molecule has 2 rings (SSSR count). The summed E-state index contributed by atoms with van der Waals surface area (Å²) < 4.78 is 0. The van der Waals surface area contributed by atoms with Crippen molar-refractivity contribution in [1.29, 1.82) is 5.26 Å². The zero-order valence-corrected chi connectivity index (χ0v) is 10.7. The summed E-state index contributed by atoms with van der Waals surface area (Å²) in [5.41, 5.74) is 0.849. The molecule has 0 atom stereocenters. The van der Waals surface area contributed by atoms with Crippen molar-refractivity contribution in [2.75, 3.05) is 13.6 Å². The van der Waals surface area contributed by atoms with Gasteiger partial charge in [0.25, 0.3) is 5.91 Å². The number of carbonyl (C=O) groups is 2. The van der Waals surface area contributed by atoms with E-state index in [4.69, 9.17) is 5.26 Å². The molecule has 0 unspecified atom stereocenters. The van der Waals surface area contributed by atoms with E-state index in [9.17, 15) is 9.59 Å². The SMILES string of the molecule is CN(CC(=O)NC1CC1)C(=O)c1cccc(C#N)c1. The van der Waals surface area contributed by atoms with E-state index >= 15 is 0 Å². The summed E-state index contributed by atoms with van der Waals surface area (Å²) in [6.07, 6.45) is 2.04. The van der Waals surface area contributed by atoms with Gasteiger partial charge in [-0.25, -0.2) is 0 Å². The van der Waals surface area contributed by atoms with Gasteiger partial charge in [0.15, 0.2) is 0 Å². The molecule has 5 heteroatoms. The highest BCUT2D eigenvalue weighted by Crippen LogP contribution is 2.18. The Hall–Kier alpha value is -2.35. The number of hydrogen-bond acceptors (Lipinski definition) is 3. The molecule has 1 fully saturated rings. The normalized spacial score (nSPS) is 13.5. The van der Waals surface area contributed by atoms with Gasteiger partial charge < -0.3 is 10.2 Å². The second-order valence-corrected chi connectivity index (χ2v) is 4.70. The van der Waals surface area contributed by atoms with Gasteiger partial charge in [-0.15, -0.1) is 0 Å². The standard InChI is InChI=1S/C14H15N3O2/c1-17(9-13(18)16-12-5-6-12)14(19)11-4-2-3-10(7-11)8-15/h2-4,7,12H,5-6,9H2,1H3,(H,16,18). The van der Waals surface area contributed by atoms with Gasteiger partial charge in [0.2, 0.25) is 5.91 Å². The van der Waals surface area contributed by atoms with Crippen LogP contribution in [0.2, 0.25) is 0 Å². The largest absolute Gasteiger partial charge is 0.352 e. The fraction of sp³-hybridized carbons (Fsp3) is 0.357. The lowest BCUT2D eigenvalue weighted by Crippen LogP contribution is -2.39. The van der Waals surface area contributed by atoms with Crippen LogP contribution >= 0.6 is 0 Å². The second kappa shape index (κ2) is 5.53. The van der Waals surface area contributed by atoms with Crippen LogP contribution < -0.4 is 5.32 Å². The first kappa shape index (κ1) is 13.1. The Morgan fingerprint density at radius 1 is 1.47 bits per heavy atom. The van der Waals surface area contributed by atoms with Gasteiger partial charge in [0.1, 0.15) is 0 Å². The summed E-state index contributed by atoms with van der Waals surface area (Å²) in [4.78, 5) is 25.0. The topological polar surface area (TPSA) is 73.2 Å². The molecule has 0 aliphatic heterocycles. The van der Waals surface area contributed by atoms with E-state index < -0.39 is 0 Å². The maximum atomic E-state index is 12.1. The zero-order valence-electron chi connectivity index (χ0n) is 10.7. The zero-order chi connectivity index (χ0) is 13.8. The number of carbonyl (C=O) groups excluding carboxylic acids is 2. The average molecular weight is 257 g/mol. The molecular weight excluding hydrogens is 242 g/mol. The summed E-state index contributed by atoms with van der Waals surface area (Å²) in [5.74, 6) is -0.405. The highest BCUT2D eigenvalue weighted by Gasteiger charge is 2.24. The molecule has 1 aromatic carbocycles. The first-order valence-electron chi connectivity index (χ1n) is 6.15.